The van der Waals surface area contributed by atoms with E-state index in [0.29, 0.717) is 13.1 Å². The van der Waals surface area contributed by atoms with Crippen LogP contribution >= 0.6 is 0 Å². The molecule has 6 nitrogen and oxygen atoms in total. The van der Waals surface area contributed by atoms with Gasteiger partial charge in [0.25, 0.3) is 0 Å². The minimum atomic E-state index is 0.0685. The van der Waals surface area contributed by atoms with E-state index in [9.17, 15) is 0 Å². The van der Waals surface area contributed by atoms with Gasteiger partial charge in [-0.05, 0) is 19.1 Å². The maximum Gasteiger partial charge on any atom is 0.120 e. The number of aromatic nitrogens is 3. The Morgan fingerprint density at radius 2 is 2.47 bits per heavy atom. The van der Waals surface area contributed by atoms with Crippen molar-refractivity contribution < 1.29 is 9.52 Å². The Morgan fingerprint density at radius 1 is 1.59 bits per heavy atom. The molecule has 0 aliphatic heterocycles. The van der Waals surface area contributed by atoms with E-state index in [-0.39, 0.29) is 12.6 Å². The summed E-state index contributed by atoms with van der Waals surface area (Å²) >= 11 is 0. The molecular formula is C11H16N4O2. The fourth-order valence-electron chi connectivity index (χ4n) is 1.53. The summed E-state index contributed by atoms with van der Waals surface area (Å²) in [4.78, 5) is 0. The van der Waals surface area contributed by atoms with Crippen molar-refractivity contribution in [3.8, 4) is 0 Å². The number of rotatable bonds is 6. The molecule has 0 fully saturated rings. The fourth-order valence-corrected chi connectivity index (χ4v) is 1.53. The largest absolute Gasteiger partial charge is 0.468 e. The lowest BCUT2D eigenvalue weighted by Crippen LogP contribution is -2.17. The predicted molar refractivity (Wildman–Crippen MR) is 61.1 cm³/mol. The van der Waals surface area contributed by atoms with Gasteiger partial charge in [0.15, 0.2) is 0 Å². The molecule has 2 rings (SSSR count). The van der Waals surface area contributed by atoms with Gasteiger partial charge in [-0.2, -0.15) is 0 Å². The van der Waals surface area contributed by atoms with Gasteiger partial charge in [0.2, 0.25) is 0 Å². The summed E-state index contributed by atoms with van der Waals surface area (Å²) in [7, 11) is 0. The van der Waals surface area contributed by atoms with Gasteiger partial charge in [-0.3, -0.25) is 0 Å². The van der Waals surface area contributed by atoms with Gasteiger partial charge in [0.05, 0.1) is 31.2 Å². The highest BCUT2D eigenvalue weighted by atomic mass is 16.3. The maximum absolute atomic E-state index is 8.76. The highest BCUT2D eigenvalue weighted by Crippen LogP contribution is 2.12. The molecule has 0 aromatic carbocycles. The zero-order chi connectivity index (χ0) is 12.1. The van der Waals surface area contributed by atoms with Gasteiger partial charge in [0, 0.05) is 12.7 Å². The Labute approximate surface area is 99.2 Å². The van der Waals surface area contributed by atoms with E-state index >= 15 is 0 Å². The SMILES string of the molecule is C[C@H](NCc1cn(CCO)nn1)c1ccco1. The van der Waals surface area contributed by atoms with E-state index in [2.05, 4.69) is 15.6 Å². The topological polar surface area (TPSA) is 76.1 Å². The first-order valence-corrected chi connectivity index (χ1v) is 5.56. The lowest BCUT2D eigenvalue weighted by molar-refractivity contribution is 0.268. The highest BCUT2D eigenvalue weighted by molar-refractivity contribution is 5.03. The minimum Gasteiger partial charge on any atom is -0.468 e. The lowest BCUT2D eigenvalue weighted by Gasteiger charge is -2.08. The molecule has 0 aliphatic rings. The Hall–Kier alpha value is -1.66. The molecule has 1 atom stereocenters. The minimum absolute atomic E-state index is 0.0685. The summed E-state index contributed by atoms with van der Waals surface area (Å²) in [5, 5.41) is 19.9. The third-order valence-corrected chi connectivity index (χ3v) is 2.47. The third kappa shape index (κ3) is 3.15. The summed E-state index contributed by atoms with van der Waals surface area (Å²) in [6.45, 7) is 3.18. The monoisotopic (exact) mass is 236 g/mol. The van der Waals surface area contributed by atoms with E-state index in [1.54, 1.807) is 10.9 Å². The zero-order valence-corrected chi connectivity index (χ0v) is 9.71. The van der Waals surface area contributed by atoms with Gasteiger partial charge in [-0.15, -0.1) is 5.10 Å². The molecule has 0 radical (unpaired) electrons. The van der Waals surface area contributed by atoms with Crippen LogP contribution in [-0.2, 0) is 13.1 Å². The van der Waals surface area contributed by atoms with Gasteiger partial charge in [-0.25, -0.2) is 4.68 Å². The van der Waals surface area contributed by atoms with E-state index < -0.39 is 0 Å². The van der Waals surface area contributed by atoms with Crippen molar-refractivity contribution >= 4 is 0 Å². The van der Waals surface area contributed by atoms with Crippen LogP contribution in [0.5, 0.6) is 0 Å². The van der Waals surface area contributed by atoms with Crippen LogP contribution in [0.1, 0.15) is 24.4 Å². The van der Waals surface area contributed by atoms with Gasteiger partial charge in [0.1, 0.15) is 5.76 Å². The summed E-state index contributed by atoms with van der Waals surface area (Å²) < 4.78 is 6.91. The molecule has 0 aliphatic carbocycles. The van der Waals surface area contributed by atoms with Gasteiger partial charge >= 0.3 is 0 Å². The predicted octanol–water partition coefficient (Wildman–Crippen LogP) is 0.714. The van der Waals surface area contributed by atoms with Crippen molar-refractivity contribution in [2.75, 3.05) is 6.61 Å². The van der Waals surface area contributed by atoms with Crippen molar-refractivity contribution in [3.05, 3.63) is 36.0 Å². The molecule has 92 valence electrons. The van der Waals surface area contributed by atoms with Crippen molar-refractivity contribution in [1.29, 1.82) is 0 Å². The molecule has 0 saturated heterocycles. The van der Waals surface area contributed by atoms with Crippen molar-refractivity contribution in [3.63, 3.8) is 0 Å². The molecule has 2 aromatic rings. The van der Waals surface area contributed by atoms with E-state index in [1.807, 2.05) is 25.3 Å². The molecule has 2 heterocycles. The van der Waals surface area contributed by atoms with E-state index in [1.165, 1.54) is 0 Å². The average Bonchev–Trinajstić information content (AvgIpc) is 2.97. The number of aliphatic hydroxyl groups excluding tert-OH is 1. The number of hydrogen-bond donors (Lipinski definition) is 2. The number of nitrogens with zero attached hydrogens (tertiary/aromatic N) is 3. The van der Waals surface area contributed by atoms with E-state index in [0.717, 1.165) is 11.5 Å². The zero-order valence-electron chi connectivity index (χ0n) is 9.71. The van der Waals surface area contributed by atoms with Gasteiger partial charge in [-0.1, -0.05) is 5.21 Å². The molecule has 0 amide bonds. The van der Waals surface area contributed by atoms with Crippen LogP contribution in [0.3, 0.4) is 0 Å². The maximum atomic E-state index is 8.76. The molecule has 0 saturated carbocycles. The second-order valence-electron chi connectivity index (χ2n) is 3.81. The quantitative estimate of drug-likeness (QED) is 0.772. The Morgan fingerprint density at radius 3 is 3.18 bits per heavy atom. The second kappa shape index (κ2) is 5.60. The third-order valence-electron chi connectivity index (χ3n) is 2.47. The molecule has 6 heteroatoms. The molecule has 17 heavy (non-hydrogen) atoms. The smallest absolute Gasteiger partial charge is 0.120 e. The van der Waals surface area contributed by atoms with Crippen LogP contribution in [0.15, 0.2) is 29.0 Å². The summed E-state index contributed by atoms with van der Waals surface area (Å²) in [6, 6.07) is 3.93. The fraction of sp³-hybridized carbons (Fsp3) is 0.455. The number of furan rings is 1. The van der Waals surface area contributed by atoms with Crippen LogP contribution in [0, 0.1) is 0 Å². The number of aliphatic hydroxyl groups is 1. The molecule has 0 spiro atoms. The summed E-state index contributed by atoms with van der Waals surface area (Å²) in [5.41, 5.74) is 0.844. The van der Waals surface area contributed by atoms with E-state index in [4.69, 9.17) is 9.52 Å². The Balaban J connectivity index is 1.84. The van der Waals surface area contributed by atoms with Crippen LogP contribution in [0.2, 0.25) is 0 Å². The number of hydrogen-bond acceptors (Lipinski definition) is 5. The van der Waals surface area contributed by atoms with Crippen LogP contribution < -0.4 is 5.32 Å². The molecule has 0 unspecified atom stereocenters. The normalized spacial score (nSPS) is 12.8. The highest BCUT2D eigenvalue weighted by Gasteiger charge is 2.08. The molecular weight excluding hydrogens is 220 g/mol. The first-order valence-electron chi connectivity index (χ1n) is 5.56. The average molecular weight is 236 g/mol. The van der Waals surface area contributed by atoms with Crippen LogP contribution in [0.4, 0.5) is 0 Å². The Kier molecular flexibility index (Phi) is 3.89. The van der Waals surface area contributed by atoms with Crippen LogP contribution in [0.25, 0.3) is 0 Å². The van der Waals surface area contributed by atoms with Crippen molar-refractivity contribution in [2.24, 2.45) is 0 Å². The van der Waals surface area contributed by atoms with Crippen LogP contribution in [-0.4, -0.2) is 26.7 Å². The summed E-state index contributed by atoms with van der Waals surface area (Å²) in [5.74, 6) is 0.896. The molecule has 0 bridgehead atoms. The van der Waals surface area contributed by atoms with Crippen molar-refractivity contribution in [1.82, 2.24) is 20.3 Å². The lowest BCUT2D eigenvalue weighted by atomic mass is 10.2. The second-order valence-corrected chi connectivity index (χ2v) is 3.81. The van der Waals surface area contributed by atoms with Crippen molar-refractivity contribution in [2.45, 2.75) is 26.1 Å². The first-order chi connectivity index (χ1) is 8.29. The first kappa shape index (κ1) is 11.8. The number of nitrogens with one attached hydrogen (secondary N) is 1. The Bertz CT molecular complexity index is 438. The molecule has 2 N–H and O–H groups in total. The van der Waals surface area contributed by atoms with Gasteiger partial charge < -0.3 is 14.8 Å². The molecule has 2 aromatic heterocycles. The summed E-state index contributed by atoms with van der Waals surface area (Å²) in [6.07, 6.45) is 3.48. The standard InChI is InChI=1S/C11H16N4O2/c1-9(11-3-2-6-17-11)12-7-10-8-15(4-5-16)14-13-10/h2-3,6,8-9,12,16H,4-5,7H2,1H3/t9-/m0/s1.